The number of fused-ring (bicyclic) bond motifs is 1. The third-order valence-corrected chi connectivity index (χ3v) is 3.39. The van der Waals surface area contributed by atoms with Crippen LogP contribution >= 0.6 is 23.2 Å². The molecule has 104 valence electrons. The summed E-state index contributed by atoms with van der Waals surface area (Å²) in [5, 5.41) is 0.0765. The molecule has 1 aromatic heterocycles. The van der Waals surface area contributed by atoms with Crippen LogP contribution in [0.2, 0.25) is 5.02 Å². The molecule has 0 radical (unpaired) electrons. The largest absolute Gasteiger partial charge is 0.382 e. The summed E-state index contributed by atoms with van der Waals surface area (Å²) in [5.41, 5.74) is 1.38. The molecule has 1 heterocycles. The Morgan fingerprint density at radius 1 is 1.42 bits per heavy atom. The van der Waals surface area contributed by atoms with E-state index in [1.54, 1.807) is 0 Å². The number of halogens is 3. The molecule has 0 atom stereocenters. The number of imidazole rings is 1. The van der Waals surface area contributed by atoms with E-state index >= 15 is 0 Å². The molecule has 0 amide bonds. The number of ether oxygens (including phenoxy) is 1. The fraction of sp³-hybridized carbons (Fsp3) is 0.462. The van der Waals surface area contributed by atoms with E-state index in [-0.39, 0.29) is 10.9 Å². The predicted octanol–water partition coefficient (Wildman–Crippen LogP) is 3.99. The lowest BCUT2D eigenvalue weighted by molar-refractivity contribution is 0.142. The van der Waals surface area contributed by atoms with Gasteiger partial charge in [-0.1, -0.05) is 11.6 Å². The molecule has 0 bridgehead atoms. The van der Waals surface area contributed by atoms with Gasteiger partial charge in [-0.3, -0.25) is 0 Å². The SMILES string of the molecule is CCOCCCn1c(CCl)nc2cc(Cl)c(F)cc21. The van der Waals surface area contributed by atoms with Crippen LogP contribution in [0.25, 0.3) is 11.0 Å². The first kappa shape index (κ1) is 14.6. The minimum atomic E-state index is -0.443. The highest BCUT2D eigenvalue weighted by atomic mass is 35.5. The van der Waals surface area contributed by atoms with Crippen molar-refractivity contribution in [3.8, 4) is 0 Å². The van der Waals surface area contributed by atoms with Gasteiger partial charge in [-0.25, -0.2) is 9.37 Å². The first-order chi connectivity index (χ1) is 9.17. The molecule has 0 aliphatic carbocycles. The molecule has 0 unspecified atom stereocenters. The van der Waals surface area contributed by atoms with Crippen molar-refractivity contribution in [2.75, 3.05) is 13.2 Å². The average Bonchev–Trinajstić information content (AvgIpc) is 2.73. The van der Waals surface area contributed by atoms with E-state index in [2.05, 4.69) is 4.98 Å². The summed E-state index contributed by atoms with van der Waals surface area (Å²) in [6.45, 7) is 4.00. The summed E-state index contributed by atoms with van der Waals surface area (Å²) in [7, 11) is 0. The average molecular weight is 305 g/mol. The Bertz CT molecular complexity index is 571. The summed E-state index contributed by atoms with van der Waals surface area (Å²) in [4.78, 5) is 4.37. The molecule has 2 aromatic rings. The van der Waals surface area contributed by atoms with Gasteiger partial charge in [-0.05, 0) is 19.4 Å². The molecule has 0 fully saturated rings. The predicted molar refractivity (Wildman–Crippen MR) is 75.4 cm³/mol. The van der Waals surface area contributed by atoms with Crippen molar-refractivity contribution in [1.82, 2.24) is 9.55 Å². The van der Waals surface area contributed by atoms with Crippen molar-refractivity contribution in [2.24, 2.45) is 0 Å². The Morgan fingerprint density at radius 3 is 2.89 bits per heavy atom. The summed E-state index contributed by atoms with van der Waals surface area (Å²) in [5.74, 6) is 0.554. The number of hydrogen-bond donors (Lipinski definition) is 0. The Kier molecular flexibility index (Phi) is 5.02. The minimum Gasteiger partial charge on any atom is -0.382 e. The van der Waals surface area contributed by atoms with Crippen molar-refractivity contribution in [3.05, 3.63) is 28.8 Å². The highest BCUT2D eigenvalue weighted by Gasteiger charge is 2.12. The zero-order valence-electron chi connectivity index (χ0n) is 10.6. The second kappa shape index (κ2) is 6.55. The number of rotatable bonds is 6. The molecule has 3 nitrogen and oxygen atoms in total. The van der Waals surface area contributed by atoms with Crippen LogP contribution in [-0.2, 0) is 17.2 Å². The number of aromatic nitrogens is 2. The van der Waals surface area contributed by atoms with E-state index in [1.165, 1.54) is 12.1 Å². The maximum Gasteiger partial charge on any atom is 0.144 e. The van der Waals surface area contributed by atoms with Crippen molar-refractivity contribution >= 4 is 34.2 Å². The number of hydrogen-bond acceptors (Lipinski definition) is 2. The van der Waals surface area contributed by atoms with Crippen LogP contribution < -0.4 is 0 Å². The molecule has 0 saturated heterocycles. The molecule has 0 N–H and O–H groups in total. The van der Waals surface area contributed by atoms with Gasteiger partial charge in [0, 0.05) is 25.8 Å². The van der Waals surface area contributed by atoms with Crippen LogP contribution in [0.1, 0.15) is 19.2 Å². The molecule has 0 saturated carbocycles. The van der Waals surface area contributed by atoms with Crippen LogP contribution in [0.4, 0.5) is 4.39 Å². The second-order valence-corrected chi connectivity index (χ2v) is 4.79. The van der Waals surface area contributed by atoms with E-state index in [0.717, 1.165) is 12.2 Å². The number of benzene rings is 1. The standard InChI is InChI=1S/C13H15Cl2FN2O/c1-2-19-5-3-4-18-12-7-10(16)9(15)6-11(12)17-13(18)8-14/h6-7H,2-5,8H2,1H3. The van der Waals surface area contributed by atoms with Gasteiger partial charge in [0.2, 0.25) is 0 Å². The molecule has 19 heavy (non-hydrogen) atoms. The molecule has 6 heteroatoms. The zero-order chi connectivity index (χ0) is 13.8. The van der Waals surface area contributed by atoms with E-state index in [9.17, 15) is 4.39 Å². The minimum absolute atomic E-state index is 0.0765. The topological polar surface area (TPSA) is 27.1 Å². The maximum atomic E-state index is 13.6. The quantitative estimate of drug-likeness (QED) is 0.596. The number of aryl methyl sites for hydroxylation is 1. The van der Waals surface area contributed by atoms with Gasteiger partial charge >= 0.3 is 0 Å². The zero-order valence-corrected chi connectivity index (χ0v) is 12.1. The van der Waals surface area contributed by atoms with Gasteiger partial charge in [-0.15, -0.1) is 11.6 Å². The molecular formula is C13H15Cl2FN2O. The Morgan fingerprint density at radius 2 is 2.21 bits per heavy atom. The second-order valence-electron chi connectivity index (χ2n) is 4.12. The van der Waals surface area contributed by atoms with E-state index < -0.39 is 5.82 Å². The number of nitrogens with zero attached hydrogens (tertiary/aromatic N) is 2. The van der Waals surface area contributed by atoms with Gasteiger partial charge in [0.15, 0.2) is 0 Å². The Labute approximate surface area is 121 Å². The first-order valence-electron chi connectivity index (χ1n) is 6.15. The molecular weight excluding hydrogens is 290 g/mol. The fourth-order valence-corrected chi connectivity index (χ4v) is 2.35. The number of alkyl halides is 1. The summed E-state index contributed by atoms with van der Waals surface area (Å²) in [6.07, 6.45) is 0.827. The fourth-order valence-electron chi connectivity index (χ4n) is 1.99. The third kappa shape index (κ3) is 3.19. The van der Waals surface area contributed by atoms with Crippen molar-refractivity contribution in [3.63, 3.8) is 0 Å². The Hall–Kier alpha value is -0.840. The molecule has 2 rings (SSSR count). The lowest BCUT2D eigenvalue weighted by atomic mass is 10.3. The first-order valence-corrected chi connectivity index (χ1v) is 7.06. The van der Waals surface area contributed by atoms with E-state index in [4.69, 9.17) is 27.9 Å². The van der Waals surface area contributed by atoms with Crippen molar-refractivity contribution in [1.29, 1.82) is 0 Å². The van der Waals surface area contributed by atoms with Crippen LogP contribution in [-0.4, -0.2) is 22.8 Å². The summed E-state index contributed by atoms with van der Waals surface area (Å²) >= 11 is 11.6. The van der Waals surface area contributed by atoms with E-state index in [1.807, 2.05) is 11.5 Å². The monoisotopic (exact) mass is 304 g/mol. The third-order valence-electron chi connectivity index (χ3n) is 2.86. The van der Waals surface area contributed by atoms with Gasteiger partial charge in [0.1, 0.15) is 11.6 Å². The lowest BCUT2D eigenvalue weighted by Gasteiger charge is -2.08. The van der Waals surface area contributed by atoms with Gasteiger partial charge in [-0.2, -0.15) is 0 Å². The lowest BCUT2D eigenvalue weighted by Crippen LogP contribution is -2.05. The normalized spacial score (nSPS) is 11.4. The van der Waals surface area contributed by atoms with Crippen LogP contribution in [0.5, 0.6) is 0 Å². The molecule has 0 spiro atoms. The van der Waals surface area contributed by atoms with Gasteiger partial charge in [0.25, 0.3) is 0 Å². The van der Waals surface area contributed by atoms with E-state index in [0.29, 0.717) is 30.8 Å². The molecule has 0 aliphatic rings. The molecule has 0 aliphatic heterocycles. The van der Waals surface area contributed by atoms with Crippen LogP contribution in [0, 0.1) is 5.82 Å². The van der Waals surface area contributed by atoms with Gasteiger partial charge < -0.3 is 9.30 Å². The molecule has 1 aromatic carbocycles. The smallest absolute Gasteiger partial charge is 0.144 e. The highest BCUT2D eigenvalue weighted by molar-refractivity contribution is 6.31. The Balaban J connectivity index is 2.31. The summed E-state index contributed by atoms with van der Waals surface area (Å²) < 4.78 is 20.8. The van der Waals surface area contributed by atoms with Crippen molar-refractivity contribution in [2.45, 2.75) is 25.8 Å². The van der Waals surface area contributed by atoms with Crippen molar-refractivity contribution < 1.29 is 9.13 Å². The summed E-state index contributed by atoms with van der Waals surface area (Å²) in [6, 6.07) is 2.93. The maximum absolute atomic E-state index is 13.6. The highest BCUT2D eigenvalue weighted by Crippen LogP contribution is 2.24. The van der Waals surface area contributed by atoms with Crippen LogP contribution in [0.3, 0.4) is 0 Å². The van der Waals surface area contributed by atoms with Gasteiger partial charge in [0.05, 0.1) is 21.9 Å². The van der Waals surface area contributed by atoms with Crippen LogP contribution in [0.15, 0.2) is 12.1 Å².